The zero-order chi connectivity index (χ0) is 14.7. The number of benzene rings is 1. The van der Waals surface area contributed by atoms with Crippen molar-refractivity contribution < 1.29 is 19.0 Å². The molecule has 5 nitrogen and oxygen atoms in total. The van der Waals surface area contributed by atoms with Crippen LogP contribution in [0, 0.1) is 0 Å². The van der Waals surface area contributed by atoms with Crippen molar-refractivity contribution in [3.05, 3.63) is 29.8 Å². The smallest absolute Gasteiger partial charge is 0.254 e. The average molecular weight is 291 g/mol. The molecule has 0 radical (unpaired) electrons. The van der Waals surface area contributed by atoms with Gasteiger partial charge in [0.15, 0.2) is 6.29 Å². The number of amides is 1. The molecule has 1 aromatic rings. The molecule has 2 saturated heterocycles. The Balaban J connectivity index is 1.79. The molecular weight excluding hydrogens is 270 g/mol. The van der Waals surface area contributed by atoms with Gasteiger partial charge in [-0.1, -0.05) is 6.07 Å². The van der Waals surface area contributed by atoms with Crippen LogP contribution in [0.25, 0.3) is 0 Å². The molecule has 0 N–H and O–H groups in total. The van der Waals surface area contributed by atoms with Crippen LogP contribution >= 0.6 is 0 Å². The minimum absolute atomic E-state index is 0.0138. The first-order valence-corrected chi connectivity index (χ1v) is 7.48. The molecule has 0 unspecified atom stereocenters. The van der Waals surface area contributed by atoms with Crippen LogP contribution in [0.2, 0.25) is 0 Å². The minimum atomic E-state index is -0.278. The predicted octanol–water partition coefficient (Wildman–Crippen LogP) is 2.06. The van der Waals surface area contributed by atoms with Gasteiger partial charge in [-0.15, -0.1) is 0 Å². The van der Waals surface area contributed by atoms with Gasteiger partial charge >= 0.3 is 0 Å². The van der Waals surface area contributed by atoms with Crippen molar-refractivity contribution in [3.63, 3.8) is 0 Å². The van der Waals surface area contributed by atoms with Crippen molar-refractivity contribution >= 4 is 5.91 Å². The molecule has 1 aromatic carbocycles. The number of nitrogens with zero attached hydrogens (tertiary/aromatic N) is 1. The Bertz CT molecular complexity index is 499. The first-order valence-electron chi connectivity index (χ1n) is 7.48. The molecule has 0 aliphatic carbocycles. The zero-order valence-corrected chi connectivity index (χ0v) is 12.3. The van der Waals surface area contributed by atoms with Crippen LogP contribution in [0.4, 0.5) is 0 Å². The highest BCUT2D eigenvalue weighted by Gasteiger charge is 2.36. The molecule has 2 fully saturated rings. The summed E-state index contributed by atoms with van der Waals surface area (Å²) in [5.41, 5.74) is 0.652. The monoisotopic (exact) mass is 291 g/mol. The van der Waals surface area contributed by atoms with E-state index in [1.807, 2.05) is 23.1 Å². The fraction of sp³-hybridized carbons (Fsp3) is 0.562. The van der Waals surface area contributed by atoms with Gasteiger partial charge in [0.2, 0.25) is 0 Å². The molecule has 2 aliphatic heterocycles. The number of likely N-dealkylation sites (tertiary alicyclic amines) is 1. The van der Waals surface area contributed by atoms with E-state index in [1.165, 1.54) is 0 Å². The number of hydrogen-bond donors (Lipinski definition) is 0. The van der Waals surface area contributed by atoms with Crippen molar-refractivity contribution in [2.45, 2.75) is 31.6 Å². The second kappa shape index (κ2) is 6.45. The van der Waals surface area contributed by atoms with Gasteiger partial charge in [-0.2, -0.15) is 0 Å². The van der Waals surface area contributed by atoms with Gasteiger partial charge in [-0.25, -0.2) is 0 Å². The molecule has 0 saturated carbocycles. The Labute approximate surface area is 124 Å². The van der Waals surface area contributed by atoms with E-state index in [9.17, 15) is 4.79 Å². The Morgan fingerprint density at radius 1 is 1.29 bits per heavy atom. The van der Waals surface area contributed by atoms with E-state index in [2.05, 4.69) is 0 Å². The van der Waals surface area contributed by atoms with Crippen LogP contribution in [-0.2, 0) is 9.47 Å². The molecule has 5 heteroatoms. The summed E-state index contributed by atoms with van der Waals surface area (Å²) >= 11 is 0. The van der Waals surface area contributed by atoms with Gasteiger partial charge in [-0.3, -0.25) is 4.79 Å². The molecule has 0 aromatic heterocycles. The van der Waals surface area contributed by atoms with E-state index < -0.39 is 0 Å². The molecule has 2 aliphatic rings. The molecule has 1 atom stereocenters. The maximum atomic E-state index is 12.8. The number of methoxy groups -OCH3 is 1. The number of piperidine rings is 1. The number of hydrogen-bond acceptors (Lipinski definition) is 4. The first kappa shape index (κ1) is 14.4. The Morgan fingerprint density at radius 3 is 2.86 bits per heavy atom. The predicted molar refractivity (Wildman–Crippen MR) is 77.4 cm³/mol. The van der Waals surface area contributed by atoms with Crippen molar-refractivity contribution in [1.29, 1.82) is 0 Å². The summed E-state index contributed by atoms with van der Waals surface area (Å²) < 4.78 is 16.4. The largest absolute Gasteiger partial charge is 0.497 e. The molecule has 0 bridgehead atoms. The van der Waals surface area contributed by atoms with E-state index in [0.29, 0.717) is 24.5 Å². The van der Waals surface area contributed by atoms with Crippen LogP contribution in [-0.4, -0.2) is 50.0 Å². The lowest BCUT2D eigenvalue weighted by molar-refractivity contribution is -0.100. The summed E-state index contributed by atoms with van der Waals surface area (Å²) in [6.07, 6.45) is 2.79. The number of carbonyl (C=O) groups is 1. The highest BCUT2D eigenvalue weighted by atomic mass is 16.7. The number of carbonyl (C=O) groups excluding carboxylic acids is 1. The lowest BCUT2D eigenvalue weighted by Crippen LogP contribution is -2.50. The van der Waals surface area contributed by atoms with Gasteiger partial charge in [0.25, 0.3) is 5.91 Å². The third-order valence-corrected chi connectivity index (χ3v) is 4.09. The molecular formula is C16H21NO4. The maximum absolute atomic E-state index is 12.8. The highest BCUT2D eigenvalue weighted by Crippen LogP contribution is 2.26. The topological polar surface area (TPSA) is 48.0 Å². The van der Waals surface area contributed by atoms with E-state index >= 15 is 0 Å². The van der Waals surface area contributed by atoms with Crippen LogP contribution in [0.1, 0.15) is 29.6 Å². The van der Waals surface area contributed by atoms with Gasteiger partial charge < -0.3 is 19.1 Å². The van der Waals surface area contributed by atoms with Crippen LogP contribution in [0.5, 0.6) is 5.75 Å². The summed E-state index contributed by atoms with van der Waals surface area (Å²) in [6.45, 7) is 1.98. The summed E-state index contributed by atoms with van der Waals surface area (Å²) in [5.74, 6) is 0.723. The second-order valence-corrected chi connectivity index (χ2v) is 5.40. The third kappa shape index (κ3) is 3.04. The number of rotatable bonds is 3. The lowest BCUT2D eigenvalue weighted by atomic mass is 10.00. The summed E-state index contributed by atoms with van der Waals surface area (Å²) in [7, 11) is 1.60. The molecule has 21 heavy (non-hydrogen) atoms. The Kier molecular flexibility index (Phi) is 4.41. The van der Waals surface area contributed by atoms with Crippen LogP contribution < -0.4 is 4.74 Å². The summed E-state index contributed by atoms with van der Waals surface area (Å²) in [4.78, 5) is 14.7. The summed E-state index contributed by atoms with van der Waals surface area (Å²) in [6, 6.07) is 7.30. The van der Waals surface area contributed by atoms with Gasteiger partial charge in [-0.05, 0) is 37.5 Å². The van der Waals surface area contributed by atoms with Crippen LogP contribution in [0.15, 0.2) is 24.3 Å². The van der Waals surface area contributed by atoms with Gasteiger partial charge in [0.05, 0.1) is 26.4 Å². The van der Waals surface area contributed by atoms with Crippen LogP contribution in [0.3, 0.4) is 0 Å². The highest BCUT2D eigenvalue weighted by molar-refractivity contribution is 5.95. The average Bonchev–Trinajstić information content (AvgIpc) is 3.08. The molecule has 3 rings (SSSR count). The lowest BCUT2D eigenvalue weighted by Gasteiger charge is -2.38. The molecule has 0 spiro atoms. The van der Waals surface area contributed by atoms with Crippen molar-refractivity contribution in [1.82, 2.24) is 4.90 Å². The van der Waals surface area contributed by atoms with E-state index in [0.717, 1.165) is 25.8 Å². The fourth-order valence-electron chi connectivity index (χ4n) is 3.01. The third-order valence-electron chi connectivity index (χ3n) is 4.09. The Morgan fingerprint density at radius 2 is 2.10 bits per heavy atom. The summed E-state index contributed by atoms with van der Waals surface area (Å²) in [5, 5.41) is 0. The Hall–Kier alpha value is -1.59. The van der Waals surface area contributed by atoms with Gasteiger partial charge in [0, 0.05) is 12.1 Å². The zero-order valence-electron chi connectivity index (χ0n) is 12.3. The molecule has 1 amide bonds. The molecule has 2 heterocycles. The fourth-order valence-corrected chi connectivity index (χ4v) is 3.01. The first-order chi connectivity index (χ1) is 10.3. The van der Waals surface area contributed by atoms with E-state index in [1.54, 1.807) is 13.2 Å². The van der Waals surface area contributed by atoms with E-state index in [-0.39, 0.29) is 18.2 Å². The quantitative estimate of drug-likeness (QED) is 0.855. The SMILES string of the molecule is COc1cccc(C(=O)N2CCCC[C@@H]2C2OCCO2)c1. The maximum Gasteiger partial charge on any atom is 0.254 e. The normalized spacial score (nSPS) is 23.3. The minimum Gasteiger partial charge on any atom is -0.497 e. The second-order valence-electron chi connectivity index (χ2n) is 5.40. The van der Waals surface area contributed by atoms with Crippen molar-refractivity contribution in [3.8, 4) is 5.75 Å². The molecule has 114 valence electrons. The van der Waals surface area contributed by atoms with Crippen molar-refractivity contribution in [2.24, 2.45) is 0 Å². The van der Waals surface area contributed by atoms with Gasteiger partial charge in [0.1, 0.15) is 5.75 Å². The number of ether oxygens (including phenoxy) is 3. The van der Waals surface area contributed by atoms with E-state index in [4.69, 9.17) is 14.2 Å². The standard InChI is InChI=1S/C16H21NO4/c1-19-13-6-4-5-12(11-13)15(18)17-8-3-2-7-14(17)16-20-9-10-21-16/h4-6,11,14,16H,2-3,7-10H2,1H3/t14-/m1/s1. The van der Waals surface area contributed by atoms with Crippen molar-refractivity contribution in [2.75, 3.05) is 26.9 Å².